The van der Waals surface area contributed by atoms with Crippen LogP contribution in [-0.4, -0.2) is 31.9 Å². The average molecular weight is 687 g/mol. The monoisotopic (exact) mass is 686 g/mol. The number of nitrogens with zero attached hydrogens (tertiary/aromatic N) is 2. The minimum Gasteiger partial charge on any atom is -0.507 e. The lowest BCUT2D eigenvalue weighted by Crippen LogP contribution is -2.15. The number of aromatic carboxylic acids is 1. The van der Waals surface area contributed by atoms with Crippen molar-refractivity contribution in [1.82, 2.24) is 9.97 Å². The first-order valence-corrected chi connectivity index (χ1v) is 16.6. The minimum absolute atomic E-state index is 0.0407. The predicted octanol–water partition coefficient (Wildman–Crippen LogP) is 8.49. The third kappa shape index (κ3) is 5.62. The Morgan fingerprint density at radius 2 is 1.37 bits per heavy atom. The quantitative estimate of drug-likeness (QED) is 0.0858. The van der Waals surface area contributed by atoms with Gasteiger partial charge in [-0.05, 0) is 73.2 Å². The van der Waals surface area contributed by atoms with Crippen molar-refractivity contribution >= 4 is 55.9 Å². The first-order chi connectivity index (χ1) is 25.3. The van der Waals surface area contributed by atoms with Crippen LogP contribution in [0.5, 0.6) is 5.75 Å². The van der Waals surface area contributed by atoms with Gasteiger partial charge >= 0.3 is 5.97 Å². The molecular weight excluding hydrogens is 656 g/mol. The molecule has 52 heavy (non-hydrogen) atoms. The second kappa shape index (κ2) is 13.0. The molecule has 0 fully saturated rings. The van der Waals surface area contributed by atoms with Crippen LogP contribution in [0.2, 0.25) is 0 Å². The summed E-state index contributed by atoms with van der Waals surface area (Å²) in [5, 5.41) is 30.8. The highest BCUT2D eigenvalue weighted by Gasteiger charge is 2.27. The zero-order valence-corrected chi connectivity index (χ0v) is 27.8. The van der Waals surface area contributed by atoms with Gasteiger partial charge in [-0.2, -0.15) is 0 Å². The lowest BCUT2D eigenvalue weighted by molar-refractivity contribution is 0.0697. The first-order valence-electron chi connectivity index (χ1n) is 16.6. The largest absolute Gasteiger partial charge is 0.507 e. The summed E-state index contributed by atoms with van der Waals surface area (Å²) in [5.41, 5.74) is 4.96. The molecule has 254 valence electrons. The van der Waals surface area contributed by atoms with Gasteiger partial charge in [0, 0.05) is 58.3 Å². The molecule has 4 aromatic carbocycles. The number of benzene rings is 5. The van der Waals surface area contributed by atoms with E-state index in [-0.39, 0.29) is 58.1 Å². The molecule has 6 aromatic rings. The fourth-order valence-corrected chi connectivity index (χ4v) is 6.75. The Bertz CT molecular complexity index is 2750. The maximum Gasteiger partial charge on any atom is 0.336 e. The number of anilines is 2. The normalized spacial score (nSPS) is 11.3. The molecule has 0 atom stereocenters. The van der Waals surface area contributed by atoms with E-state index in [2.05, 4.69) is 20.6 Å². The summed E-state index contributed by atoms with van der Waals surface area (Å²) in [6.45, 7) is 1.56. The van der Waals surface area contributed by atoms with Crippen molar-refractivity contribution in [2.45, 2.75) is 20.0 Å². The molecule has 0 saturated carbocycles. The molecule has 0 saturated heterocycles. The van der Waals surface area contributed by atoms with Gasteiger partial charge in [0.2, 0.25) is 0 Å². The zero-order chi connectivity index (χ0) is 35.9. The molecule has 3 heterocycles. The Morgan fingerprint density at radius 1 is 0.731 bits per heavy atom. The Hall–Kier alpha value is -7.07. The molecule has 0 spiro atoms. The van der Waals surface area contributed by atoms with Gasteiger partial charge in [0.15, 0.2) is 11.2 Å². The van der Waals surface area contributed by atoms with E-state index in [1.54, 1.807) is 30.6 Å². The summed E-state index contributed by atoms with van der Waals surface area (Å²) >= 11 is 0. The van der Waals surface area contributed by atoms with Crippen molar-refractivity contribution in [2.24, 2.45) is 0 Å². The van der Waals surface area contributed by atoms with Crippen LogP contribution in [0.3, 0.4) is 0 Å². The standard InChI is InChI=1S/C42H30N4O6/c1-23(47)26-12-13-27(42(50)51)30(20-26)37-28-14-16-35(48)31(21-45-33-10-2-6-24-8-4-18-43-38(24)33)40(28)52-41-29(37)15-17-36(49)32(41)22-46-34-11-3-7-25-9-5-19-44-39(25)34/h2-20,45-46,48H,21-22H2,1H3,(H,50,51). The number of aromatic nitrogens is 2. The van der Waals surface area contributed by atoms with Crippen molar-refractivity contribution in [3.8, 4) is 28.2 Å². The zero-order valence-electron chi connectivity index (χ0n) is 27.8. The summed E-state index contributed by atoms with van der Waals surface area (Å²) in [7, 11) is 0. The molecular formula is C42H30N4O6. The van der Waals surface area contributed by atoms with E-state index in [9.17, 15) is 24.6 Å². The van der Waals surface area contributed by atoms with Gasteiger partial charge < -0.3 is 25.3 Å². The van der Waals surface area contributed by atoms with Gasteiger partial charge in [-0.25, -0.2) is 4.79 Å². The summed E-state index contributed by atoms with van der Waals surface area (Å²) in [5.74, 6) is -1.30. The van der Waals surface area contributed by atoms with Crippen molar-refractivity contribution in [3.05, 3.63) is 148 Å². The number of hydrogen-bond acceptors (Lipinski definition) is 9. The number of aromatic hydroxyl groups is 1. The van der Waals surface area contributed by atoms with E-state index in [1.807, 2.05) is 60.7 Å². The number of ketones is 1. The number of carboxylic acid groups (broad SMARTS) is 1. The predicted molar refractivity (Wildman–Crippen MR) is 201 cm³/mol. The number of hydrogen-bond donors (Lipinski definition) is 4. The summed E-state index contributed by atoms with van der Waals surface area (Å²) in [4.78, 5) is 48.0. The second-order valence-corrected chi connectivity index (χ2v) is 12.4. The summed E-state index contributed by atoms with van der Waals surface area (Å²) in [6.07, 6.45) is 3.40. The maximum absolute atomic E-state index is 13.7. The van der Waals surface area contributed by atoms with Crippen LogP contribution < -0.4 is 16.1 Å². The van der Waals surface area contributed by atoms with E-state index in [0.29, 0.717) is 33.3 Å². The molecule has 0 radical (unpaired) electrons. The molecule has 4 N–H and O–H groups in total. The Balaban J connectivity index is 1.36. The smallest absolute Gasteiger partial charge is 0.336 e. The molecule has 8 rings (SSSR count). The first kappa shape index (κ1) is 32.2. The Labute approximate surface area is 296 Å². The number of phenols is 1. The molecule has 2 aromatic heterocycles. The minimum atomic E-state index is -1.19. The number of Topliss-reactive ketones (excluding diaryl/α,β-unsaturated/α-hetero) is 1. The van der Waals surface area contributed by atoms with E-state index in [1.165, 1.54) is 31.2 Å². The van der Waals surface area contributed by atoms with E-state index in [0.717, 1.165) is 27.5 Å². The SMILES string of the molecule is CC(=O)c1ccc(C(=O)O)c(-c2c3ccc(=O)c(CNc4cccc5cccnc45)c-3oc3c(CNc4cccc5cccnc45)c(O)ccc23)c1. The van der Waals surface area contributed by atoms with Gasteiger partial charge in [-0.15, -0.1) is 0 Å². The maximum atomic E-state index is 13.7. The third-order valence-corrected chi connectivity index (χ3v) is 9.30. The molecule has 0 unspecified atom stereocenters. The van der Waals surface area contributed by atoms with Gasteiger partial charge in [-0.3, -0.25) is 19.6 Å². The highest BCUT2D eigenvalue weighted by molar-refractivity contribution is 6.10. The van der Waals surface area contributed by atoms with Crippen molar-refractivity contribution in [3.63, 3.8) is 0 Å². The number of nitrogens with one attached hydrogen (secondary N) is 2. The molecule has 1 aliphatic heterocycles. The van der Waals surface area contributed by atoms with E-state index < -0.39 is 5.97 Å². The molecule has 0 amide bonds. The van der Waals surface area contributed by atoms with Crippen LogP contribution in [0.25, 0.3) is 55.2 Å². The number of carbonyl (C=O) groups excluding carboxylic acids is 1. The number of para-hydroxylation sites is 2. The van der Waals surface area contributed by atoms with Crippen LogP contribution in [0, 0.1) is 0 Å². The highest BCUT2D eigenvalue weighted by Crippen LogP contribution is 2.45. The molecule has 1 aliphatic carbocycles. The van der Waals surface area contributed by atoms with Crippen LogP contribution in [0.1, 0.15) is 38.8 Å². The van der Waals surface area contributed by atoms with Crippen molar-refractivity contribution in [2.75, 3.05) is 10.6 Å². The number of carbonyl (C=O) groups is 2. The number of carboxylic acids is 1. The molecule has 10 nitrogen and oxygen atoms in total. The van der Waals surface area contributed by atoms with E-state index >= 15 is 0 Å². The lowest BCUT2D eigenvalue weighted by Gasteiger charge is -2.21. The average Bonchev–Trinajstić information content (AvgIpc) is 3.16. The van der Waals surface area contributed by atoms with Gasteiger partial charge in [0.25, 0.3) is 0 Å². The van der Waals surface area contributed by atoms with Crippen LogP contribution in [0.15, 0.2) is 125 Å². The van der Waals surface area contributed by atoms with Crippen molar-refractivity contribution in [1.29, 1.82) is 0 Å². The van der Waals surface area contributed by atoms with Crippen LogP contribution in [-0.2, 0) is 13.1 Å². The summed E-state index contributed by atoms with van der Waals surface area (Å²) in [6, 6.07) is 29.7. The fraction of sp³-hybridized carbons (Fsp3) is 0.0714. The third-order valence-electron chi connectivity index (χ3n) is 9.30. The van der Waals surface area contributed by atoms with Gasteiger partial charge in [0.05, 0.1) is 39.1 Å². The summed E-state index contributed by atoms with van der Waals surface area (Å²) < 4.78 is 6.68. The van der Waals surface area contributed by atoms with Gasteiger partial charge in [-0.1, -0.05) is 42.5 Å². The Morgan fingerprint density at radius 3 is 2.00 bits per heavy atom. The number of phenolic OH excluding ortho intramolecular Hbond substituents is 1. The molecule has 0 bridgehead atoms. The van der Waals surface area contributed by atoms with Crippen LogP contribution in [0.4, 0.5) is 11.4 Å². The fourth-order valence-electron chi connectivity index (χ4n) is 6.75. The lowest BCUT2D eigenvalue weighted by atomic mass is 9.87. The molecule has 2 aliphatic rings. The number of rotatable bonds is 9. The topological polar surface area (TPSA) is 155 Å². The van der Waals surface area contributed by atoms with Gasteiger partial charge in [0.1, 0.15) is 17.1 Å². The van der Waals surface area contributed by atoms with Crippen LogP contribution >= 0.6 is 0 Å². The van der Waals surface area contributed by atoms with Crippen molar-refractivity contribution < 1.29 is 24.2 Å². The highest BCUT2D eigenvalue weighted by atomic mass is 16.4. The number of fused-ring (bicyclic) bond motifs is 4. The second-order valence-electron chi connectivity index (χ2n) is 12.4. The molecule has 10 heteroatoms. The Kier molecular flexibility index (Phi) is 8.04. The van der Waals surface area contributed by atoms with E-state index in [4.69, 9.17) is 4.42 Å². The number of pyridine rings is 2.